The highest BCUT2D eigenvalue weighted by atomic mass is 32.2. The second-order valence-corrected chi connectivity index (χ2v) is 7.34. The van der Waals surface area contributed by atoms with Crippen LogP contribution in [0, 0.1) is 6.92 Å². The summed E-state index contributed by atoms with van der Waals surface area (Å²) in [6.07, 6.45) is 2.87. The highest BCUT2D eigenvalue weighted by Gasteiger charge is 2.42. The Kier molecular flexibility index (Phi) is 3.49. The summed E-state index contributed by atoms with van der Waals surface area (Å²) in [4.78, 5) is 0.320. The number of sulfone groups is 1. The summed E-state index contributed by atoms with van der Waals surface area (Å²) in [6.45, 7) is 1.92. The molecular formula is C13H20N2O2S. The van der Waals surface area contributed by atoms with Crippen molar-refractivity contribution in [1.29, 1.82) is 0 Å². The molecule has 0 unspecified atom stereocenters. The Balaban J connectivity index is 2.38. The first-order valence-electron chi connectivity index (χ1n) is 6.22. The first kappa shape index (κ1) is 13.5. The van der Waals surface area contributed by atoms with Crippen LogP contribution >= 0.6 is 0 Å². The largest absolute Gasteiger partial charge is 0.312 e. The van der Waals surface area contributed by atoms with E-state index in [0.717, 1.165) is 18.4 Å². The molecule has 100 valence electrons. The maximum Gasteiger partial charge on any atom is 0.184 e. The maximum atomic E-state index is 12.6. The van der Waals surface area contributed by atoms with Crippen molar-refractivity contribution in [3.8, 4) is 0 Å². The van der Waals surface area contributed by atoms with Crippen LogP contribution in [0.1, 0.15) is 31.2 Å². The van der Waals surface area contributed by atoms with E-state index in [2.05, 4.69) is 0 Å². The molecule has 1 aliphatic rings. The zero-order valence-corrected chi connectivity index (χ0v) is 11.4. The molecule has 1 atom stereocenters. The molecule has 0 aliphatic heterocycles. The zero-order valence-electron chi connectivity index (χ0n) is 10.6. The molecular weight excluding hydrogens is 248 g/mol. The van der Waals surface area contributed by atoms with Gasteiger partial charge in [0.2, 0.25) is 0 Å². The van der Waals surface area contributed by atoms with Gasteiger partial charge in [-0.3, -0.25) is 0 Å². The van der Waals surface area contributed by atoms with Gasteiger partial charge >= 0.3 is 0 Å². The predicted octanol–water partition coefficient (Wildman–Crippen LogP) is 1.33. The van der Waals surface area contributed by atoms with E-state index in [1.54, 1.807) is 24.3 Å². The Labute approximate surface area is 108 Å². The number of aryl methyl sites for hydroxylation is 1. The summed E-state index contributed by atoms with van der Waals surface area (Å²) < 4.78 is 25.1. The van der Waals surface area contributed by atoms with Crippen molar-refractivity contribution in [3.05, 3.63) is 29.8 Å². The van der Waals surface area contributed by atoms with Crippen LogP contribution in [0.15, 0.2) is 29.2 Å². The number of benzene rings is 1. The third-order valence-corrected chi connectivity index (χ3v) is 6.00. The summed E-state index contributed by atoms with van der Waals surface area (Å²) in [7, 11) is -3.44. The zero-order chi connectivity index (χ0) is 13.4. The molecule has 4 N–H and O–H groups in total. The Morgan fingerprint density at radius 2 is 1.78 bits per heavy atom. The van der Waals surface area contributed by atoms with E-state index >= 15 is 0 Å². The lowest BCUT2D eigenvalue weighted by Crippen LogP contribution is -2.62. The number of hydrogen-bond donors (Lipinski definition) is 2. The van der Waals surface area contributed by atoms with E-state index < -0.39 is 20.8 Å². The first-order chi connectivity index (χ1) is 8.34. The molecule has 18 heavy (non-hydrogen) atoms. The van der Waals surface area contributed by atoms with Crippen molar-refractivity contribution in [3.63, 3.8) is 0 Å². The monoisotopic (exact) mass is 268 g/mol. The van der Waals surface area contributed by atoms with Crippen LogP contribution in [0.25, 0.3) is 0 Å². The van der Waals surface area contributed by atoms with Gasteiger partial charge in [-0.15, -0.1) is 0 Å². The van der Waals surface area contributed by atoms with Crippen LogP contribution in [0.4, 0.5) is 0 Å². The Hall–Kier alpha value is -0.910. The van der Waals surface area contributed by atoms with Gasteiger partial charge in [-0.05, 0) is 31.9 Å². The lowest BCUT2D eigenvalue weighted by molar-refractivity contribution is 0.306. The van der Waals surface area contributed by atoms with Crippen molar-refractivity contribution >= 4 is 9.84 Å². The molecule has 1 aromatic carbocycles. The quantitative estimate of drug-likeness (QED) is 0.792. The number of rotatable bonds is 2. The molecule has 2 rings (SSSR count). The normalized spacial score (nSPS) is 23.8. The molecule has 0 amide bonds. The average Bonchev–Trinajstić information content (AvgIpc) is 2.28. The summed E-state index contributed by atoms with van der Waals surface area (Å²) in [5.41, 5.74) is 11.9. The van der Waals surface area contributed by atoms with Crippen LogP contribution in [-0.2, 0) is 9.84 Å². The van der Waals surface area contributed by atoms with E-state index in [-0.39, 0.29) is 0 Å². The summed E-state index contributed by atoms with van der Waals surface area (Å²) in [5.74, 6) is 0. The van der Waals surface area contributed by atoms with Gasteiger partial charge in [-0.2, -0.15) is 0 Å². The fourth-order valence-corrected chi connectivity index (χ4v) is 4.54. The van der Waals surface area contributed by atoms with Crippen molar-refractivity contribution in [2.45, 2.75) is 48.4 Å². The minimum atomic E-state index is -3.44. The second kappa shape index (κ2) is 4.64. The minimum absolute atomic E-state index is 0.320. The topological polar surface area (TPSA) is 86.2 Å². The van der Waals surface area contributed by atoms with Crippen molar-refractivity contribution in [2.24, 2.45) is 11.5 Å². The number of nitrogens with two attached hydrogens (primary N) is 2. The molecule has 5 heteroatoms. The number of hydrogen-bond acceptors (Lipinski definition) is 4. The fraction of sp³-hybridized carbons (Fsp3) is 0.538. The third kappa shape index (κ3) is 2.43. The Morgan fingerprint density at radius 1 is 1.17 bits per heavy atom. The summed E-state index contributed by atoms with van der Waals surface area (Å²) >= 11 is 0. The van der Waals surface area contributed by atoms with Crippen molar-refractivity contribution < 1.29 is 8.42 Å². The average molecular weight is 268 g/mol. The highest BCUT2D eigenvalue weighted by molar-refractivity contribution is 7.92. The smallest absolute Gasteiger partial charge is 0.184 e. The van der Waals surface area contributed by atoms with E-state index in [4.69, 9.17) is 11.5 Å². The SMILES string of the molecule is Cc1ccc(S(=O)(=O)[C@@H]2CCCCC2(N)N)cc1. The van der Waals surface area contributed by atoms with Crippen LogP contribution in [0.3, 0.4) is 0 Å². The minimum Gasteiger partial charge on any atom is -0.312 e. The highest BCUT2D eigenvalue weighted by Crippen LogP contribution is 2.31. The van der Waals surface area contributed by atoms with Gasteiger partial charge in [-0.1, -0.05) is 30.5 Å². The van der Waals surface area contributed by atoms with Gasteiger partial charge in [0.15, 0.2) is 9.84 Å². The molecule has 4 nitrogen and oxygen atoms in total. The van der Waals surface area contributed by atoms with Crippen LogP contribution in [0.2, 0.25) is 0 Å². The van der Waals surface area contributed by atoms with Gasteiger partial charge in [-0.25, -0.2) is 8.42 Å². The third-order valence-electron chi connectivity index (χ3n) is 3.65. The lowest BCUT2D eigenvalue weighted by Gasteiger charge is -2.37. The molecule has 1 saturated carbocycles. The van der Waals surface area contributed by atoms with Gasteiger partial charge in [0.25, 0.3) is 0 Å². The molecule has 1 aromatic rings. The van der Waals surface area contributed by atoms with Crippen molar-refractivity contribution in [2.75, 3.05) is 0 Å². The van der Waals surface area contributed by atoms with Crippen LogP contribution in [-0.4, -0.2) is 19.3 Å². The molecule has 0 aromatic heterocycles. The summed E-state index contributed by atoms with van der Waals surface area (Å²) in [6, 6.07) is 6.86. The molecule has 0 spiro atoms. The van der Waals surface area contributed by atoms with E-state index in [0.29, 0.717) is 17.7 Å². The molecule has 0 heterocycles. The van der Waals surface area contributed by atoms with Gasteiger partial charge in [0.05, 0.1) is 15.8 Å². The Morgan fingerprint density at radius 3 is 2.33 bits per heavy atom. The van der Waals surface area contributed by atoms with Crippen molar-refractivity contribution in [1.82, 2.24) is 0 Å². The second-order valence-electron chi connectivity index (χ2n) is 5.20. The first-order valence-corrected chi connectivity index (χ1v) is 7.77. The van der Waals surface area contributed by atoms with Gasteiger partial charge < -0.3 is 11.5 Å². The summed E-state index contributed by atoms with van der Waals surface area (Å²) in [5, 5.41) is -0.679. The molecule has 0 saturated heterocycles. The van der Waals surface area contributed by atoms with Gasteiger partial charge in [0.1, 0.15) is 0 Å². The molecule has 1 aliphatic carbocycles. The maximum absolute atomic E-state index is 12.6. The Bertz CT molecular complexity index is 520. The molecule has 1 fully saturated rings. The van der Waals surface area contributed by atoms with E-state index in [9.17, 15) is 8.42 Å². The predicted molar refractivity (Wildman–Crippen MR) is 71.7 cm³/mol. The molecule has 0 radical (unpaired) electrons. The van der Waals surface area contributed by atoms with E-state index in [1.807, 2.05) is 6.92 Å². The van der Waals surface area contributed by atoms with Gasteiger partial charge in [0, 0.05) is 0 Å². The van der Waals surface area contributed by atoms with E-state index in [1.165, 1.54) is 0 Å². The fourth-order valence-electron chi connectivity index (χ4n) is 2.53. The lowest BCUT2D eigenvalue weighted by atomic mass is 9.90. The molecule has 0 bridgehead atoms. The van der Waals surface area contributed by atoms with Crippen LogP contribution < -0.4 is 11.5 Å². The standard InChI is InChI=1S/C13H20N2O2S/c1-10-5-7-11(8-6-10)18(16,17)12-4-2-3-9-13(12,14)15/h5-8,12H,2-4,9,14-15H2,1H3/t12-/m1/s1. The van der Waals surface area contributed by atoms with Crippen LogP contribution in [0.5, 0.6) is 0 Å².